The van der Waals surface area contributed by atoms with E-state index in [-0.39, 0.29) is 30.0 Å². The van der Waals surface area contributed by atoms with Gasteiger partial charge < -0.3 is 10.4 Å². The summed E-state index contributed by atoms with van der Waals surface area (Å²) in [6.07, 6.45) is 0.146. The van der Waals surface area contributed by atoms with Crippen LogP contribution in [0.4, 0.5) is 10.1 Å². The molecule has 0 aromatic heterocycles. The molecule has 4 nitrogen and oxygen atoms in total. The number of carbonyl (C=O) groups excluding carboxylic acids is 1. The molecule has 0 saturated carbocycles. The Morgan fingerprint density at radius 3 is 2.71 bits per heavy atom. The first-order valence-corrected chi connectivity index (χ1v) is 5.34. The summed E-state index contributed by atoms with van der Waals surface area (Å²) in [6.45, 7) is 0. The maximum atomic E-state index is 13.4. The molecule has 0 aliphatic heterocycles. The number of carboxylic acids is 1. The Hall–Kier alpha value is -1.62. The van der Waals surface area contributed by atoms with Crippen molar-refractivity contribution in [1.29, 1.82) is 0 Å². The molecule has 1 rings (SSSR count). The molecule has 17 heavy (non-hydrogen) atoms. The molecular formula is C11H11ClFNO3. The van der Waals surface area contributed by atoms with Gasteiger partial charge in [0, 0.05) is 12.8 Å². The van der Waals surface area contributed by atoms with Crippen molar-refractivity contribution in [2.75, 3.05) is 5.32 Å². The van der Waals surface area contributed by atoms with Crippen molar-refractivity contribution in [1.82, 2.24) is 0 Å². The number of carboxylic acid groups (broad SMARTS) is 1. The Kier molecular flexibility index (Phi) is 4.90. The molecule has 0 aliphatic carbocycles. The molecule has 0 spiro atoms. The van der Waals surface area contributed by atoms with Gasteiger partial charge in [-0.3, -0.25) is 9.59 Å². The number of hydrogen-bond donors (Lipinski definition) is 2. The summed E-state index contributed by atoms with van der Waals surface area (Å²) in [5, 5.41) is 10.6. The lowest BCUT2D eigenvalue weighted by Crippen LogP contribution is -2.13. The van der Waals surface area contributed by atoms with Crippen LogP contribution in [0.2, 0.25) is 5.02 Å². The second-order valence-electron chi connectivity index (χ2n) is 3.40. The lowest BCUT2D eigenvalue weighted by atomic mass is 10.2. The monoisotopic (exact) mass is 259 g/mol. The molecule has 92 valence electrons. The minimum Gasteiger partial charge on any atom is -0.481 e. The van der Waals surface area contributed by atoms with Gasteiger partial charge in [-0.05, 0) is 18.6 Å². The highest BCUT2D eigenvalue weighted by molar-refractivity contribution is 6.31. The van der Waals surface area contributed by atoms with Gasteiger partial charge in [-0.15, -0.1) is 0 Å². The highest BCUT2D eigenvalue weighted by Gasteiger charge is 2.09. The number of rotatable bonds is 5. The number of halogens is 2. The van der Waals surface area contributed by atoms with Gasteiger partial charge in [-0.25, -0.2) is 4.39 Å². The second-order valence-corrected chi connectivity index (χ2v) is 3.80. The lowest BCUT2D eigenvalue weighted by molar-refractivity contribution is -0.137. The third-order valence-corrected chi connectivity index (χ3v) is 2.31. The molecule has 2 N–H and O–H groups in total. The van der Waals surface area contributed by atoms with Crippen LogP contribution in [0.3, 0.4) is 0 Å². The van der Waals surface area contributed by atoms with E-state index in [0.29, 0.717) is 0 Å². The molecule has 1 amide bonds. The number of benzene rings is 1. The van der Waals surface area contributed by atoms with Crippen molar-refractivity contribution in [3.63, 3.8) is 0 Å². The molecule has 0 fully saturated rings. The van der Waals surface area contributed by atoms with Crippen LogP contribution in [-0.2, 0) is 9.59 Å². The summed E-state index contributed by atoms with van der Waals surface area (Å²) >= 11 is 5.54. The van der Waals surface area contributed by atoms with E-state index in [1.807, 2.05) is 0 Å². The number of amides is 1. The summed E-state index contributed by atoms with van der Waals surface area (Å²) < 4.78 is 13.4. The minimum atomic E-state index is -0.966. The van der Waals surface area contributed by atoms with Gasteiger partial charge in [0.1, 0.15) is 0 Å². The van der Waals surface area contributed by atoms with E-state index in [2.05, 4.69) is 5.32 Å². The summed E-state index contributed by atoms with van der Waals surface area (Å²) in [5.74, 6) is -2.10. The standard InChI is InChI=1S/C11H11ClFNO3/c12-7-3-1-4-8(11(7)13)14-9(15)5-2-6-10(16)17/h1,3-4H,2,5-6H2,(H,14,15)(H,16,17). The van der Waals surface area contributed by atoms with Crippen LogP contribution in [0.1, 0.15) is 19.3 Å². The van der Waals surface area contributed by atoms with Crippen molar-refractivity contribution in [3.8, 4) is 0 Å². The number of hydrogen-bond acceptors (Lipinski definition) is 2. The fourth-order valence-corrected chi connectivity index (χ4v) is 1.39. The maximum absolute atomic E-state index is 13.4. The zero-order valence-corrected chi connectivity index (χ0v) is 9.63. The first kappa shape index (κ1) is 13.4. The number of aliphatic carboxylic acids is 1. The molecule has 0 radical (unpaired) electrons. The molecule has 0 saturated heterocycles. The lowest BCUT2D eigenvalue weighted by Gasteiger charge is -2.06. The molecule has 0 unspecified atom stereocenters. The van der Waals surface area contributed by atoms with Crippen LogP contribution in [-0.4, -0.2) is 17.0 Å². The Morgan fingerprint density at radius 1 is 1.35 bits per heavy atom. The number of anilines is 1. The summed E-state index contributed by atoms with van der Waals surface area (Å²) in [7, 11) is 0. The van der Waals surface area contributed by atoms with Crippen LogP contribution >= 0.6 is 11.6 Å². The van der Waals surface area contributed by atoms with Gasteiger partial charge in [0.25, 0.3) is 0 Å². The molecule has 1 aromatic carbocycles. The number of carbonyl (C=O) groups is 2. The quantitative estimate of drug-likeness (QED) is 0.854. The van der Waals surface area contributed by atoms with Gasteiger partial charge in [-0.2, -0.15) is 0 Å². The molecule has 0 aliphatic rings. The number of nitrogens with one attached hydrogen (secondary N) is 1. The summed E-state index contributed by atoms with van der Waals surface area (Å²) in [4.78, 5) is 21.6. The van der Waals surface area contributed by atoms with Gasteiger partial charge in [-0.1, -0.05) is 17.7 Å². The Bertz CT molecular complexity index is 437. The summed E-state index contributed by atoms with van der Waals surface area (Å²) in [5.41, 5.74) is -0.00201. The molecular weight excluding hydrogens is 249 g/mol. The zero-order valence-electron chi connectivity index (χ0n) is 8.87. The maximum Gasteiger partial charge on any atom is 0.303 e. The third-order valence-electron chi connectivity index (χ3n) is 2.02. The van der Waals surface area contributed by atoms with Crippen molar-refractivity contribution in [3.05, 3.63) is 29.0 Å². The largest absolute Gasteiger partial charge is 0.481 e. The predicted molar refractivity (Wildman–Crippen MR) is 61.5 cm³/mol. The minimum absolute atomic E-state index is 0.00201. The highest BCUT2D eigenvalue weighted by Crippen LogP contribution is 2.22. The van der Waals surface area contributed by atoms with Gasteiger partial charge >= 0.3 is 5.97 Å². The van der Waals surface area contributed by atoms with E-state index in [9.17, 15) is 14.0 Å². The van der Waals surface area contributed by atoms with Gasteiger partial charge in [0.2, 0.25) is 5.91 Å². The van der Waals surface area contributed by atoms with Crippen LogP contribution in [0.25, 0.3) is 0 Å². The molecule has 6 heteroatoms. The summed E-state index contributed by atoms with van der Waals surface area (Å²) in [6, 6.07) is 4.27. The van der Waals surface area contributed by atoms with E-state index in [1.54, 1.807) is 0 Å². The Balaban J connectivity index is 2.51. The van der Waals surface area contributed by atoms with E-state index in [0.717, 1.165) is 0 Å². The van der Waals surface area contributed by atoms with Crippen molar-refractivity contribution >= 4 is 29.2 Å². The fourth-order valence-electron chi connectivity index (χ4n) is 1.21. The SMILES string of the molecule is O=C(O)CCCC(=O)Nc1cccc(Cl)c1F. The van der Waals surface area contributed by atoms with Crippen molar-refractivity contribution < 1.29 is 19.1 Å². The zero-order chi connectivity index (χ0) is 12.8. The van der Waals surface area contributed by atoms with E-state index < -0.39 is 17.7 Å². The van der Waals surface area contributed by atoms with E-state index in [1.165, 1.54) is 18.2 Å². The smallest absolute Gasteiger partial charge is 0.303 e. The van der Waals surface area contributed by atoms with Crippen LogP contribution in [0, 0.1) is 5.82 Å². The fraction of sp³-hybridized carbons (Fsp3) is 0.273. The second kappa shape index (κ2) is 6.20. The van der Waals surface area contributed by atoms with Crippen LogP contribution in [0.15, 0.2) is 18.2 Å². The third kappa shape index (κ3) is 4.40. The molecule has 1 aromatic rings. The average Bonchev–Trinajstić information content (AvgIpc) is 2.24. The Morgan fingerprint density at radius 2 is 2.06 bits per heavy atom. The van der Waals surface area contributed by atoms with Crippen molar-refractivity contribution in [2.45, 2.75) is 19.3 Å². The van der Waals surface area contributed by atoms with Crippen molar-refractivity contribution in [2.24, 2.45) is 0 Å². The van der Waals surface area contributed by atoms with Gasteiger partial charge in [0.05, 0.1) is 10.7 Å². The van der Waals surface area contributed by atoms with Gasteiger partial charge in [0.15, 0.2) is 5.82 Å². The first-order valence-electron chi connectivity index (χ1n) is 4.96. The van der Waals surface area contributed by atoms with E-state index >= 15 is 0 Å². The predicted octanol–water partition coefficient (Wildman–Crippen LogP) is 2.67. The highest BCUT2D eigenvalue weighted by atomic mass is 35.5. The Labute approximate surface area is 102 Å². The normalized spacial score (nSPS) is 10.0. The average molecular weight is 260 g/mol. The van der Waals surface area contributed by atoms with E-state index in [4.69, 9.17) is 16.7 Å². The first-order chi connectivity index (χ1) is 8.00. The van der Waals surface area contributed by atoms with Crippen LogP contribution in [0.5, 0.6) is 0 Å². The molecule has 0 bridgehead atoms. The van der Waals surface area contributed by atoms with Crippen LogP contribution < -0.4 is 5.32 Å². The molecule has 0 heterocycles. The molecule has 0 atom stereocenters. The topological polar surface area (TPSA) is 66.4 Å².